The molecule has 0 aromatic carbocycles. The maximum absolute atomic E-state index is 4.70. The molecular weight excluding hydrogens is 308 g/mol. The fourth-order valence-corrected chi connectivity index (χ4v) is 3.56. The Morgan fingerprint density at radius 3 is 2.78 bits per heavy atom. The van der Waals surface area contributed by atoms with Crippen LogP contribution in [0.3, 0.4) is 0 Å². The van der Waals surface area contributed by atoms with E-state index < -0.39 is 0 Å². The Kier molecular flexibility index (Phi) is 3.80. The van der Waals surface area contributed by atoms with E-state index >= 15 is 0 Å². The molecule has 1 aliphatic heterocycles. The molecule has 0 N–H and O–H groups in total. The highest BCUT2D eigenvalue weighted by molar-refractivity contribution is 7.11. The van der Waals surface area contributed by atoms with Gasteiger partial charge in [-0.05, 0) is 6.92 Å². The van der Waals surface area contributed by atoms with Gasteiger partial charge in [-0.2, -0.15) is 0 Å². The highest BCUT2D eigenvalue weighted by atomic mass is 32.1. The second kappa shape index (κ2) is 6.10. The summed E-state index contributed by atoms with van der Waals surface area (Å²) in [5.41, 5.74) is 3.19. The number of fused-ring (bicyclic) bond motifs is 1. The van der Waals surface area contributed by atoms with Crippen molar-refractivity contribution in [3.8, 4) is 11.4 Å². The van der Waals surface area contributed by atoms with Gasteiger partial charge in [0.05, 0.1) is 17.8 Å². The van der Waals surface area contributed by atoms with Crippen molar-refractivity contribution in [1.29, 1.82) is 0 Å². The van der Waals surface area contributed by atoms with Crippen LogP contribution in [-0.2, 0) is 19.5 Å². The molecule has 0 amide bonds. The minimum Gasteiger partial charge on any atom is -0.292 e. The molecule has 0 aliphatic carbocycles. The maximum Gasteiger partial charge on any atom is 0.162 e. The first-order valence-corrected chi connectivity index (χ1v) is 8.33. The largest absolute Gasteiger partial charge is 0.292 e. The normalized spacial score (nSPS) is 14.7. The average Bonchev–Trinajstić information content (AvgIpc) is 3.00. The lowest BCUT2D eigenvalue weighted by molar-refractivity contribution is 0.242. The summed E-state index contributed by atoms with van der Waals surface area (Å²) in [4.78, 5) is 25.3. The van der Waals surface area contributed by atoms with E-state index in [-0.39, 0.29) is 0 Å². The quantitative estimate of drug-likeness (QED) is 0.736. The van der Waals surface area contributed by atoms with Gasteiger partial charge in [0.1, 0.15) is 11.3 Å². The summed E-state index contributed by atoms with van der Waals surface area (Å²) in [6, 6.07) is 0. The molecule has 0 saturated heterocycles. The Morgan fingerprint density at radius 2 is 2.00 bits per heavy atom. The first kappa shape index (κ1) is 14.3. The summed E-state index contributed by atoms with van der Waals surface area (Å²) < 4.78 is 0. The standard InChI is InChI=1S/C16H16N6S/c1-11-4-19-15(23-11)9-22-3-2-14-13(8-22)7-20-16(21-14)12-5-17-10-18-6-12/h4-7,10H,2-3,8-9H2,1H3. The first-order chi connectivity index (χ1) is 11.3. The molecule has 7 heteroatoms. The summed E-state index contributed by atoms with van der Waals surface area (Å²) in [6.07, 6.45) is 9.81. The Morgan fingerprint density at radius 1 is 1.13 bits per heavy atom. The van der Waals surface area contributed by atoms with E-state index in [9.17, 15) is 0 Å². The molecular formula is C16H16N6S. The van der Waals surface area contributed by atoms with Crippen molar-refractivity contribution in [3.05, 3.63) is 52.3 Å². The van der Waals surface area contributed by atoms with Crippen LogP contribution in [0.25, 0.3) is 11.4 Å². The zero-order valence-corrected chi connectivity index (χ0v) is 13.6. The fraction of sp³-hybridized carbons (Fsp3) is 0.312. The van der Waals surface area contributed by atoms with Gasteiger partial charge in [-0.3, -0.25) is 4.90 Å². The van der Waals surface area contributed by atoms with Crippen molar-refractivity contribution in [3.63, 3.8) is 0 Å². The van der Waals surface area contributed by atoms with Crippen molar-refractivity contribution in [2.24, 2.45) is 0 Å². The van der Waals surface area contributed by atoms with Crippen LogP contribution < -0.4 is 0 Å². The summed E-state index contributed by atoms with van der Waals surface area (Å²) in [6.45, 7) is 4.86. The van der Waals surface area contributed by atoms with Crippen LogP contribution >= 0.6 is 11.3 Å². The fourth-order valence-electron chi connectivity index (χ4n) is 2.73. The monoisotopic (exact) mass is 324 g/mol. The predicted octanol–water partition coefficient (Wildman–Crippen LogP) is 2.26. The van der Waals surface area contributed by atoms with Gasteiger partial charge in [-0.25, -0.2) is 24.9 Å². The SMILES string of the molecule is Cc1cnc(CN2CCc3nc(-c4cncnc4)ncc3C2)s1. The van der Waals surface area contributed by atoms with E-state index in [4.69, 9.17) is 4.98 Å². The van der Waals surface area contributed by atoms with E-state index in [1.54, 1.807) is 23.7 Å². The third-order valence-corrected chi connectivity index (χ3v) is 4.76. The number of thiazole rings is 1. The predicted molar refractivity (Wildman–Crippen MR) is 87.7 cm³/mol. The van der Waals surface area contributed by atoms with Gasteiger partial charge in [-0.1, -0.05) is 0 Å². The molecule has 4 rings (SSSR count). The molecule has 0 bridgehead atoms. The van der Waals surface area contributed by atoms with Crippen molar-refractivity contribution < 1.29 is 0 Å². The van der Waals surface area contributed by atoms with E-state index in [0.29, 0.717) is 5.82 Å². The average molecular weight is 324 g/mol. The van der Waals surface area contributed by atoms with E-state index in [0.717, 1.165) is 37.3 Å². The highest BCUT2D eigenvalue weighted by Gasteiger charge is 2.19. The molecule has 1 aliphatic rings. The zero-order valence-electron chi connectivity index (χ0n) is 12.8. The number of nitrogens with zero attached hydrogens (tertiary/aromatic N) is 6. The Hall–Kier alpha value is -2.25. The van der Waals surface area contributed by atoms with Crippen LogP contribution in [0.1, 0.15) is 21.1 Å². The van der Waals surface area contributed by atoms with Gasteiger partial charge in [0.2, 0.25) is 0 Å². The van der Waals surface area contributed by atoms with Crippen molar-refractivity contribution in [1.82, 2.24) is 29.8 Å². The van der Waals surface area contributed by atoms with Crippen LogP contribution in [-0.4, -0.2) is 36.4 Å². The van der Waals surface area contributed by atoms with Crippen LogP contribution in [0, 0.1) is 6.92 Å². The number of hydrogen-bond donors (Lipinski definition) is 0. The lowest BCUT2D eigenvalue weighted by atomic mass is 10.1. The molecule has 3 aromatic rings. The molecule has 0 atom stereocenters. The third kappa shape index (κ3) is 3.11. The molecule has 23 heavy (non-hydrogen) atoms. The van der Waals surface area contributed by atoms with E-state index in [1.807, 2.05) is 12.4 Å². The van der Waals surface area contributed by atoms with Gasteiger partial charge >= 0.3 is 0 Å². The lowest BCUT2D eigenvalue weighted by Crippen LogP contribution is -2.30. The molecule has 116 valence electrons. The minimum absolute atomic E-state index is 0.702. The molecule has 3 aromatic heterocycles. The summed E-state index contributed by atoms with van der Waals surface area (Å²) in [7, 11) is 0. The molecule has 0 fully saturated rings. The van der Waals surface area contributed by atoms with Crippen molar-refractivity contribution >= 4 is 11.3 Å². The van der Waals surface area contributed by atoms with Crippen LogP contribution in [0.15, 0.2) is 31.1 Å². The summed E-state index contributed by atoms with van der Waals surface area (Å²) >= 11 is 1.76. The van der Waals surface area contributed by atoms with Gasteiger partial charge in [-0.15, -0.1) is 11.3 Å². The molecule has 0 spiro atoms. The number of hydrogen-bond acceptors (Lipinski definition) is 7. The van der Waals surface area contributed by atoms with Crippen LogP contribution in [0.4, 0.5) is 0 Å². The van der Waals surface area contributed by atoms with Crippen LogP contribution in [0.5, 0.6) is 0 Å². The Bertz CT molecular complexity index is 816. The lowest BCUT2D eigenvalue weighted by Gasteiger charge is -2.27. The zero-order chi connectivity index (χ0) is 15.6. The van der Waals surface area contributed by atoms with Crippen molar-refractivity contribution in [2.45, 2.75) is 26.4 Å². The smallest absolute Gasteiger partial charge is 0.162 e. The number of rotatable bonds is 3. The first-order valence-electron chi connectivity index (χ1n) is 7.52. The van der Waals surface area contributed by atoms with Crippen LogP contribution in [0.2, 0.25) is 0 Å². The number of aromatic nitrogens is 5. The van der Waals surface area contributed by atoms with E-state index in [2.05, 4.69) is 31.8 Å². The van der Waals surface area contributed by atoms with Gasteiger partial charge < -0.3 is 0 Å². The summed E-state index contributed by atoms with van der Waals surface area (Å²) in [5.74, 6) is 0.702. The third-order valence-electron chi connectivity index (χ3n) is 3.86. The second-order valence-electron chi connectivity index (χ2n) is 5.62. The minimum atomic E-state index is 0.702. The molecule has 4 heterocycles. The second-order valence-corrected chi connectivity index (χ2v) is 6.94. The van der Waals surface area contributed by atoms with Gasteiger partial charge in [0.15, 0.2) is 5.82 Å². The molecule has 0 radical (unpaired) electrons. The molecule has 0 saturated carbocycles. The molecule has 0 unspecified atom stereocenters. The topological polar surface area (TPSA) is 67.7 Å². The molecule has 6 nitrogen and oxygen atoms in total. The Labute approximate surface area is 138 Å². The summed E-state index contributed by atoms with van der Waals surface area (Å²) in [5, 5.41) is 1.17. The van der Waals surface area contributed by atoms with Gasteiger partial charge in [0, 0.05) is 54.7 Å². The Balaban J connectivity index is 1.52. The van der Waals surface area contributed by atoms with Gasteiger partial charge in [0.25, 0.3) is 0 Å². The maximum atomic E-state index is 4.70. The highest BCUT2D eigenvalue weighted by Crippen LogP contribution is 2.22. The van der Waals surface area contributed by atoms with Crippen molar-refractivity contribution in [2.75, 3.05) is 6.54 Å². The number of aryl methyl sites for hydroxylation is 1. The van der Waals surface area contributed by atoms with E-state index in [1.165, 1.54) is 21.8 Å².